The summed E-state index contributed by atoms with van der Waals surface area (Å²) in [5.74, 6) is 1.25. The molecule has 0 spiro atoms. The van der Waals surface area contributed by atoms with E-state index in [0.29, 0.717) is 35.8 Å². The molecule has 2 amide bonds. The molecule has 0 aliphatic carbocycles. The molecular formula is C16H20N2O3. The van der Waals surface area contributed by atoms with E-state index in [4.69, 9.17) is 4.42 Å². The van der Waals surface area contributed by atoms with Gasteiger partial charge in [-0.05, 0) is 37.2 Å². The maximum Gasteiger partial charge on any atom is 0.257 e. The highest BCUT2D eigenvalue weighted by molar-refractivity contribution is 5.94. The van der Waals surface area contributed by atoms with Gasteiger partial charge in [0.25, 0.3) is 5.91 Å². The average Bonchev–Trinajstić information content (AvgIpc) is 3.02. The van der Waals surface area contributed by atoms with Gasteiger partial charge in [0.15, 0.2) is 0 Å². The van der Waals surface area contributed by atoms with Crippen molar-refractivity contribution in [1.82, 2.24) is 9.80 Å². The number of carbonyl (C=O) groups is 2. The van der Waals surface area contributed by atoms with E-state index in [-0.39, 0.29) is 5.91 Å². The van der Waals surface area contributed by atoms with Crippen molar-refractivity contribution in [3.63, 3.8) is 0 Å². The normalized spacial score (nSPS) is 32.0. The van der Waals surface area contributed by atoms with Gasteiger partial charge in [-0.3, -0.25) is 9.59 Å². The first-order chi connectivity index (χ1) is 10.2. The highest BCUT2D eigenvalue weighted by atomic mass is 16.3. The van der Waals surface area contributed by atoms with Crippen molar-refractivity contribution in [3.8, 4) is 0 Å². The molecule has 3 fully saturated rings. The predicted molar refractivity (Wildman–Crippen MR) is 75.6 cm³/mol. The Kier molecular flexibility index (Phi) is 3.01. The van der Waals surface area contributed by atoms with Gasteiger partial charge in [-0.25, -0.2) is 0 Å². The van der Waals surface area contributed by atoms with E-state index in [1.807, 2.05) is 4.90 Å². The third-order valence-corrected chi connectivity index (χ3v) is 5.24. The number of fused-ring (bicyclic) bond motifs is 4. The van der Waals surface area contributed by atoms with Crippen molar-refractivity contribution in [2.45, 2.75) is 31.7 Å². The number of hydrogen-bond acceptors (Lipinski definition) is 3. The molecule has 4 heterocycles. The summed E-state index contributed by atoms with van der Waals surface area (Å²) in [7, 11) is 0. The summed E-state index contributed by atoms with van der Waals surface area (Å²) in [5, 5.41) is 0. The first kappa shape index (κ1) is 12.9. The lowest BCUT2D eigenvalue weighted by Crippen LogP contribution is -2.61. The van der Waals surface area contributed by atoms with E-state index in [1.165, 1.54) is 6.26 Å². The largest absolute Gasteiger partial charge is 0.472 e. The molecule has 1 aromatic heterocycles. The van der Waals surface area contributed by atoms with Gasteiger partial charge in [0, 0.05) is 32.1 Å². The Bertz CT molecular complexity index is 554. The van der Waals surface area contributed by atoms with Crippen molar-refractivity contribution >= 4 is 11.8 Å². The molecule has 0 aromatic carbocycles. The SMILES string of the molecule is O=C(c1ccoc1)N1CC2CC(C1)[C@H]1CCCC(=O)N1C2. The molecule has 0 saturated carbocycles. The Morgan fingerprint density at radius 1 is 1.29 bits per heavy atom. The van der Waals surface area contributed by atoms with E-state index < -0.39 is 0 Å². The van der Waals surface area contributed by atoms with Crippen LogP contribution in [0.2, 0.25) is 0 Å². The van der Waals surface area contributed by atoms with Crippen LogP contribution in [0.15, 0.2) is 23.0 Å². The minimum atomic E-state index is 0.0639. The molecule has 3 aliphatic rings. The molecular weight excluding hydrogens is 268 g/mol. The van der Waals surface area contributed by atoms with E-state index in [2.05, 4.69) is 4.90 Å². The second-order valence-electron chi connectivity index (χ2n) is 6.59. The summed E-state index contributed by atoms with van der Waals surface area (Å²) in [5.41, 5.74) is 0.631. The van der Waals surface area contributed by atoms with Crippen LogP contribution >= 0.6 is 0 Å². The molecule has 112 valence electrons. The zero-order valence-corrected chi connectivity index (χ0v) is 12.0. The Morgan fingerprint density at radius 2 is 2.19 bits per heavy atom. The fourth-order valence-electron chi connectivity index (χ4n) is 4.34. The van der Waals surface area contributed by atoms with Gasteiger partial charge in [-0.2, -0.15) is 0 Å². The quantitative estimate of drug-likeness (QED) is 0.791. The summed E-state index contributed by atoms with van der Waals surface area (Å²) in [6.45, 7) is 2.36. The third-order valence-electron chi connectivity index (χ3n) is 5.24. The number of furan rings is 1. The third kappa shape index (κ3) is 2.15. The van der Waals surface area contributed by atoms with Crippen LogP contribution in [-0.2, 0) is 4.79 Å². The zero-order valence-electron chi connectivity index (χ0n) is 12.0. The molecule has 3 aliphatic heterocycles. The minimum absolute atomic E-state index is 0.0639. The van der Waals surface area contributed by atoms with Crippen LogP contribution in [0.3, 0.4) is 0 Å². The maximum atomic E-state index is 12.5. The second-order valence-corrected chi connectivity index (χ2v) is 6.59. The number of amides is 2. The minimum Gasteiger partial charge on any atom is -0.472 e. The predicted octanol–water partition coefficient (Wildman–Crippen LogP) is 1.75. The Labute approximate surface area is 123 Å². The molecule has 3 atom stereocenters. The van der Waals surface area contributed by atoms with Crippen molar-refractivity contribution < 1.29 is 14.0 Å². The summed E-state index contributed by atoms with van der Waals surface area (Å²) < 4.78 is 5.02. The van der Waals surface area contributed by atoms with E-state index in [0.717, 1.165) is 38.9 Å². The highest BCUT2D eigenvalue weighted by Gasteiger charge is 2.44. The summed E-state index contributed by atoms with van der Waals surface area (Å²) in [4.78, 5) is 28.7. The summed E-state index contributed by atoms with van der Waals surface area (Å²) >= 11 is 0. The number of carbonyl (C=O) groups excluding carboxylic acids is 2. The lowest BCUT2D eigenvalue weighted by molar-refractivity contribution is -0.144. The van der Waals surface area contributed by atoms with Crippen LogP contribution in [0.25, 0.3) is 0 Å². The number of piperidine rings is 3. The Morgan fingerprint density at radius 3 is 3.00 bits per heavy atom. The van der Waals surface area contributed by atoms with Crippen molar-refractivity contribution in [3.05, 3.63) is 24.2 Å². The maximum absolute atomic E-state index is 12.5. The van der Waals surface area contributed by atoms with Crippen molar-refractivity contribution in [1.29, 1.82) is 0 Å². The lowest BCUT2D eigenvalue weighted by Gasteiger charge is -2.52. The molecule has 3 saturated heterocycles. The molecule has 0 radical (unpaired) electrons. The molecule has 4 rings (SSSR count). The van der Waals surface area contributed by atoms with Crippen molar-refractivity contribution in [2.75, 3.05) is 19.6 Å². The summed E-state index contributed by atoms with van der Waals surface area (Å²) in [6.07, 6.45) is 7.01. The average molecular weight is 288 g/mol. The smallest absolute Gasteiger partial charge is 0.257 e. The van der Waals surface area contributed by atoms with Gasteiger partial charge in [0.1, 0.15) is 6.26 Å². The van der Waals surface area contributed by atoms with Crippen LogP contribution < -0.4 is 0 Å². The molecule has 0 N–H and O–H groups in total. The zero-order chi connectivity index (χ0) is 14.4. The second kappa shape index (κ2) is 4.90. The van der Waals surface area contributed by atoms with Gasteiger partial charge in [-0.1, -0.05) is 0 Å². The van der Waals surface area contributed by atoms with Gasteiger partial charge in [0.2, 0.25) is 5.91 Å². The van der Waals surface area contributed by atoms with Crippen LogP contribution in [0.1, 0.15) is 36.0 Å². The molecule has 5 heteroatoms. The monoisotopic (exact) mass is 288 g/mol. The summed E-state index contributed by atoms with van der Waals surface area (Å²) in [6, 6.07) is 2.07. The number of nitrogens with zero attached hydrogens (tertiary/aromatic N) is 2. The molecule has 2 unspecified atom stereocenters. The topological polar surface area (TPSA) is 53.8 Å². The number of rotatable bonds is 1. The van der Waals surface area contributed by atoms with Gasteiger partial charge in [0.05, 0.1) is 11.8 Å². The van der Waals surface area contributed by atoms with E-state index in [1.54, 1.807) is 12.3 Å². The molecule has 2 bridgehead atoms. The number of hydrogen-bond donors (Lipinski definition) is 0. The van der Waals surface area contributed by atoms with E-state index in [9.17, 15) is 9.59 Å². The van der Waals surface area contributed by atoms with Crippen LogP contribution in [0, 0.1) is 11.8 Å². The molecule has 5 nitrogen and oxygen atoms in total. The Hall–Kier alpha value is -1.78. The van der Waals surface area contributed by atoms with Crippen LogP contribution in [-0.4, -0.2) is 47.3 Å². The van der Waals surface area contributed by atoms with Gasteiger partial charge >= 0.3 is 0 Å². The van der Waals surface area contributed by atoms with E-state index >= 15 is 0 Å². The van der Waals surface area contributed by atoms with Gasteiger partial charge < -0.3 is 14.2 Å². The fraction of sp³-hybridized carbons (Fsp3) is 0.625. The lowest BCUT2D eigenvalue weighted by atomic mass is 9.76. The molecule has 1 aromatic rings. The molecule has 21 heavy (non-hydrogen) atoms. The number of likely N-dealkylation sites (tertiary alicyclic amines) is 1. The van der Waals surface area contributed by atoms with Crippen LogP contribution in [0.5, 0.6) is 0 Å². The van der Waals surface area contributed by atoms with Crippen molar-refractivity contribution in [2.24, 2.45) is 11.8 Å². The standard InChI is InChI=1S/C16H20N2O3/c19-15-3-1-2-14-13-6-11(8-18(14)15)7-17(9-13)16(20)12-4-5-21-10-12/h4-5,10-11,13-14H,1-3,6-9H2/t11?,13?,14-/m1/s1. The highest BCUT2D eigenvalue weighted by Crippen LogP contribution is 2.38. The fourth-order valence-corrected chi connectivity index (χ4v) is 4.34. The first-order valence-electron chi connectivity index (χ1n) is 7.83. The Balaban J connectivity index is 1.53. The van der Waals surface area contributed by atoms with Crippen LogP contribution in [0.4, 0.5) is 0 Å². The first-order valence-corrected chi connectivity index (χ1v) is 7.83. The van der Waals surface area contributed by atoms with Gasteiger partial charge in [-0.15, -0.1) is 0 Å².